The molecule has 0 radical (unpaired) electrons. The molecule has 0 aromatic carbocycles. The highest BCUT2D eigenvalue weighted by atomic mass is 16.5. The smallest absolute Gasteiger partial charge is 0.343 e. The van der Waals surface area contributed by atoms with Gasteiger partial charge in [0.1, 0.15) is 11.3 Å². The van der Waals surface area contributed by atoms with Crippen LogP contribution in [0.4, 0.5) is 0 Å². The lowest BCUT2D eigenvalue weighted by molar-refractivity contribution is 0.0593. The summed E-state index contributed by atoms with van der Waals surface area (Å²) in [6.45, 7) is 3.62. The maximum atomic E-state index is 12.9. The van der Waals surface area contributed by atoms with Crippen molar-refractivity contribution in [1.82, 2.24) is 14.5 Å². The van der Waals surface area contributed by atoms with Crippen LogP contribution in [0.3, 0.4) is 0 Å². The predicted octanol–water partition coefficient (Wildman–Crippen LogP) is 3.26. The van der Waals surface area contributed by atoms with Crippen LogP contribution in [0.5, 0.6) is 5.75 Å². The van der Waals surface area contributed by atoms with Crippen molar-refractivity contribution in [2.75, 3.05) is 33.4 Å². The number of nitrogens with zero attached hydrogens (tertiary/aromatic N) is 3. The molecule has 0 spiro atoms. The third-order valence-electron chi connectivity index (χ3n) is 6.56. The number of carbonyl (C=O) groups excluding carboxylic acids is 1. The van der Waals surface area contributed by atoms with Crippen molar-refractivity contribution in [3.63, 3.8) is 0 Å². The molecule has 1 aliphatic heterocycles. The number of aryl methyl sites for hydroxylation is 1. The quantitative estimate of drug-likeness (QED) is 0.349. The number of allylic oxidation sites excluding steroid dienone is 2. The summed E-state index contributed by atoms with van der Waals surface area (Å²) >= 11 is 0. The maximum Gasteiger partial charge on any atom is 0.343 e. The predicted molar refractivity (Wildman–Crippen MR) is 127 cm³/mol. The van der Waals surface area contributed by atoms with Gasteiger partial charge in [-0.1, -0.05) is 18.2 Å². The number of methoxy groups -OCH3 is 1. The third-order valence-corrected chi connectivity index (χ3v) is 6.56. The molecule has 3 heterocycles. The molecular formula is C26H33N3O4. The molecule has 2 aliphatic rings. The van der Waals surface area contributed by atoms with E-state index in [1.807, 2.05) is 18.3 Å². The van der Waals surface area contributed by atoms with Gasteiger partial charge in [0.25, 0.3) is 5.56 Å². The van der Waals surface area contributed by atoms with E-state index in [9.17, 15) is 9.59 Å². The summed E-state index contributed by atoms with van der Waals surface area (Å²) in [7, 11) is 1.37. The van der Waals surface area contributed by atoms with Crippen LogP contribution in [0.1, 0.15) is 47.3 Å². The highest BCUT2D eigenvalue weighted by Crippen LogP contribution is 2.25. The number of carbonyl (C=O) groups is 1. The van der Waals surface area contributed by atoms with Crippen LogP contribution in [-0.2, 0) is 24.1 Å². The van der Waals surface area contributed by atoms with Gasteiger partial charge in [-0.25, -0.2) is 4.79 Å². The van der Waals surface area contributed by atoms with E-state index in [1.54, 1.807) is 10.8 Å². The zero-order valence-corrected chi connectivity index (χ0v) is 19.4. The number of hydrogen-bond acceptors (Lipinski definition) is 6. The van der Waals surface area contributed by atoms with E-state index in [1.165, 1.54) is 19.6 Å². The molecule has 1 aliphatic carbocycles. The lowest BCUT2D eigenvalue weighted by Gasteiger charge is -2.26. The summed E-state index contributed by atoms with van der Waals surface area (Å²) in [6.07, 6.45) is 13.8. The van der Waals surface area contributed by atoms with Crippen molar-refractivity contribution in [2.24, 2.45) is 5.92 Å². The fraction of sp³-hybridized carbons (Fsp3) is 0.500. The van der Waals surface area contributed by atoms with Gasteiger partial charge in [0, 0.05) is 56.8 Å². The topological polar surface area (TPSA) is 73.7 Å². The van der Waals surface area contributed by atoms with E-state index in [-0.39, 0.29) is 5.56 Å². The Kier molecular flexibility index (Phi) is 7.94. The van der Waals surface area contributed by atoms with Crippen molar-refractivity contribution in [3.8, 4) is 5.75 Å². The Labute approximate surface area is 195 Å². The van der Waals surface area contributed by atoms with E-state index in [0.29, 0.717) is 36.8 Å². The highest BCUT2D eigenvalue weighted by molar-refractivity contribution is 5.93. The molecule has 7 heteroatoms. The van der Waals surface area contributed by atoms with Crippen LogP contribution in [0.2, 0.25) is 0 Å². The van der Waals surface area contributed by atoms with Crippen molar-refractivity contribution < 1.29 is 14.3 Å². The molecule has 33 heavy (non-hydrogen) atoms. The van der Waals surface area contributed by atoms with Crippen molar-refractivity contribution in [2.45, 2.75) is 45.1 Å². The first-order valence-corrected chi connectivity index (χ1v) is 11.9. The Balaban J connectivity index is 1.48. The minimum Gasteiger partial charge on any atom is -0.492 e. The van der Waals surface area contributed by atoms with Crippen LogP contribution < -0.4 is 10.3 Å². The summed E-state index contributed by atoms with van der Waals surface area (Å²) in [5.41, 5.74) is 2.12. The van der Waals surface area contributed by atoms with Crippen LogP contribution in [0.25, 0.3) is 0 Å². The fourth-order valence-electron chi connectivity index (χ4n) is 4.80. The summed E-state index contributed by atoms with van der Waals surface area (Å²) in [5, 5.41) is 0. The molecule has 0 fully saturated rings. The molecule has 0 amide bonds. The number of fused-ring (bicyclic) bond motifs is 1. The Bertz CT molecular complexity index is 1030. The number of esters is 1. The first kappa shape index (κ1) is 23.2. The molecular weight excluding hydrogens is 418 g/mol. The van der Waals surface area contributed by atoms with Gasteiger partial charge < -0.3 is 18.9 Å². The zero-order valence-electron chi connectivity index (χ0n) is 19.4. The van der Waals surface area contributed by atoms with Gasteiger partial charge in [0.15, 0.2) is 0 Å². The van der Waals surface area contributed by atoms with E-state index < -0.39 is 5.97 Å². The SMILES string of the molecule is COC(=O)c1c(OCCCc2cccnc2)cc(=O)n2c1CCN(CC1CC=CCC1)CC2. The van der Waals surface area contributed by atoms with E-state index in [4.69, 9.17) is 9.47 Å². The Hall–Kier alpha value is -2.93. The lowest BCUT2D eigenvalue weighted by atomic mass is 9.94. The largest absolute Gasteiger partial charge is 0.492 e. The highest BCUT2D eigenvalue weighted by Gasteiger charge is 2.26. The Morgan fingerprint density at radius 2 is 2.15 bits per heavy atom. The first-order chi connectivity index (χ1) is 16.2. The molecule has 0 saturated carbocycles. The first-order valence-electron chi connectivity index (χ1n) is 11.9. The maximum absolute atomic E-state index is 12.9. The second-order valence-corrected chi connectivity index (χ2v) is 8.83. The normalized spacial score (nSPS) is 18.4. The van der Waals surface area contributed by atoms with Gasteiger partial charge in [0.05, 0.1) is 13.7 Å². The molecule has 7 nitrogen and oxygen atoms in total. The van der Waals surface area contributed by atoms with Gasteiger partial charge >= 0.3 is 5.97 Å². The summed E-state index contributed by atoms with van der Waals surface area (Å²) < 4.78 is 12.8. The Morgan fingerprint density at radius 3 is 2.91 bits per heavy atom. The average Bonchev–Trinajstić information content (AvgIpc) is 3.06. The molecule has 1 atom stereocenters. The standard InChI is InChI=1S/C26H33N3O4/c1-32-26(31)25-22-11-13-28(19-21-7-3-2-4-8-21)14-15-29(22)24(30)17-23(25)33-16-6-10-20-9-5-12-27-18-20/h2-3,5,9,12,17-18,21H,4,6-8,10-11,13-16,19H2,1H3. The lowest BCUT2D eigenvalue weighted by Crippen LogP contribution is -2.33. The van der Waals surface area contributed by atoms with Gasteiger partial charge in [-0.05, 0) is 49.7 Å². The monoisotopic (exact) mass is 451 g/mol. The van der Waals surface area contributed by atoms with E-state index in [2.05, 4.69) is 22.0 Å². The molecule has 0 N–H and O–H groups in total. The summed E-state index contributed by atoms with van der Waals surface area (Å²) in [4.78, 5) is 32.2. The molecule has 2 aromatic heterocycles. The van der Waals surface area contributed by atoms with Gasteiger partial charge in [-0.2, -0.15) is 0 Å². The number of rotatable bonds is 8. The number of hydrogen-bond donors (Lipinski definition) is 0. The van der Waals surface area contributed by atoms with Gasteiger partial charge in [-0.15, -0.1) is 0 Å². The molecule has 4 rings (SSSR count). The van der Waals surface area contributed by atoms with Crippen molar-refractivity contribution in [3.05, 3.63) is 69.9 Å². The molecule has 2 aromatic rings. The minimum absolute atomic E-state index is 0.123. The van der Waals surface area contributed by atoms with Gasteiger partial charge in [0.2, 0.25) is 0 Å². The second kappa shape index (κ2) is 11.3. The minimum atomic E-state index is -0.452. The van der Waals surface area contributed by atoms with Crippen LogP contribution >= 0.6 is 0 Å². The average molecular weight is 452 g/mol. The second-order valence-electron chi connectivity index (χ2n) is 8.83. The number of ether oxygens (including phenoxy) is 2. The van der Waals surface area contributed by atoms with Crippen LogP contribution in [0.15, 0.2) is 47.5 Å². The molecule has 0 saturated heterocycles. The number of pyridine rings is 2. The molecule has 0 bridgehead atoms. The van der Waals surface area contributed by atoms with E-state index >= 15 is 0 Å². The van der Waals surface area contributed by atoms with Crippen molar-refractivity contribution in [1.29, 1.82) is 0 Å². The summed E-state index contributed by atoms with van der Waals surface area (Å²) in [5.74, 6) is 0.536. The number of aromatic nitrogens is 2. The Morgan fingerprint density at radius 1 is 1.24 bits per heavy atom. The van der Waals surface area contributed by atoms with Crippen LogP contribution in [0, 0.1) is 5.92 Å². The van der Waals surface area contributed by atoms with Gasteiger partial charge in [-0.3, -0.25) is 9.78 Å². The zero-order chi connectivity index (χ0) is 23.0. The summed E-state index contributed by atoms with van der Waals surface area (Å²) in [6, 6.07) is 5.38. The third kappa shape index (κ3) is 5.90. The molecule has 1 unspecified atom stereocenters. The van der Waals surface area contributed by atoms with Crippen molar-refractivity contribution >= 4 is 5.97 Å². The fourth-order valence-corrected chi connectivity index (χ4v) is 4.80. The van der Waals surface area contributed by atoms with E-state index in [0.717, 1.165) is 56.6 Å². The van der Waals surface area contributed by atoms with Crippen LogP contribution in [-0.4, -0.2) is 53.8 Å². The molecule has 176 valence electrons.